The van der Waals surface area contributed by atoms with Crippen molar-refractivity contribution in [1.29, 1.82) is 0 Å². The van der Waals surface area contributed by atoms with E-state index in [1.165, 1.54) is 0 Å². The van der Waals surface area contributed by atoms with Gasteiger partial charge in [-0.1, -0.05) is 18.2 Å². The monoisotopic (exact) mass is 350 g/mol. The molecule has 0 aliphatic rings. The minimum absolute atomic E-state index is 0.0414. The summed E-state index contributed by atoms with van der Waals surface area (Å²) in [5, 5.41) is 19.4. The molecule has 6 nitrogen and oxygen atoms in total. The Morgan fingerprint density at radius 3 is 2.28 bits per heavy atom. The molecule has 0 saturated heterocycles. The molecule has 0 aromatic heterocycles. The summed E-state index contributed by atoms with van der Waals surface area (Å²) in [6.45, 7) is 5.48. The van der Waals surface area contributed by atoms with E-state index in [1.807, 2.05) is 12.1 Å². The number of phenols is 1. The molecule has 6 N–H and O–H groups in total. The summed E-state index contributed by atoms with van der Waals surface area (Å²) < 4.78 is 0. The van der Waals surface area contributed by atoms with Crippen LogP contribution in [0.25, 0.3) is 0 Å². The first-order chi connectivity index (χ1) is 12.2. The van der Waals surface area contributed by atoms with Crippen LogP contribution in [0.5, 0.6) is 5.75 Å². The molecular weight excluding hydrogens is 316 g/mol. The molecule has 0 aliphatic carbocycles. The van der Waals surface area contributed by atoms with Gasteiger partial charge in [-0.25, -0.2) is 0 Å². The molecule has 0 bridgehead atoms. The zero-order valence-corrected chi connectivity index (χ0v) is 15.2. The van der Waals surface area contributed by atoms with Crippen molar-refractivity contribution in [2.24, 2.45) is 5.73 Å². The van der Waals surface area contributed by atoms with Gasteiger partial charge < -0.3 is 26.8 Å². The predicted molar refractivity (Wildman–Crippen MR) is 103 cm³/mol. The Hall–Kier alpha value is -1.63. The fourth-order valence-electron chi connectivity index (χ4n) is 2.48. The largest absolute Gasteiger partial charge is 0.508 e. The van der Waals surface area contributed by atoms with Crippen LogP contribution in [0.1, 0.15) is 37.7 Å². The van der Waals surface area contributed by atoms with Crippen molar-refractivity contribution < 1.29 is 9.90 Å². The smallest absolute Gasteiger partial charge is 0.220 e. The molecule has 0 unspecified atom stereocenters. The van der Waals surface area contributed by atoms with Crippen molar-refractivity contribution >= 4 is 5.91 Å². The maximum absolute atomic E-state index is 11.8. The molecule has 0 fully saturated rings. The van der Waals surface area contributed by atoms with Gasteiger partial charge in [0.05, 0.1) is 0 Å². The second-order valence-corrected chi connectivity index (χ2v) is 6.18. The van der Waals surface area contributed by atoms with E-state index < -0.39 is 0 Å². The fraction of sp³-hybridized carbons (Fsp3) is 0.632. The lowest BCUT2D eigenvalue weighted by Crippen LogP contribution is -2.26. The standard InChI is InChI=1S/C19H34N4O2/c20-11-5-13-22-15-6-14-21-12-3-4-16-23-19(25)10-9-17-7-1-2-8-18(17)24/h1-2,7-8,21-22,24H,3-6,9-16,20H2,(H,23,25). The molecule has 25 heavy (non-hydrogen) atoms. The first-order valence-electron chi connectivity index (χ1n) is 9.39. The SMILES string of the molecule is NCCCNCCCNCCCCNC(=O)CCc1ccccc1O. The normalized spacial score (nSPS) is 10.8. The number of benzene rings is 1. The van der Waals surface area contributed by atoms with E-state index in [1.54, 1.807) is 12.1 Å². The highest BCUT2D eigenvalue weighted by Gasteiger charge is 2.04. The van der Waals surface area contributed by atoms with Gasteiger partial charge in [0.2, 0.25) is 5.91 Å². The maximum atomic E-state index is 11.8. The Balaban J connectivity index is 1.88. The molecule has 0 saturated carbocycles. The zero-order chi connectivity index (χ0) is 18.2. The van der Waals surface area contributed by atoms with Gasteiger partial charge in [0, 0.05) is 13.0 Å². The number of phenolic OH excluding ortho intramolecular Hbond substituents is 1. The van der Waals surface area contributed by atoms with Crippen molar-refractivity contribution in [3.05, 3.63) is 29.8 Å². The maximum Gasteiger partial charge on any atom is 0.220 e. The minimum atomic E-state index is 0.0414. The molecule has 1 aromatic rings. The van der Waals surface area contributed by atoms with E-state index in [0.29, 0.717) is 19.4 Å². The van der Waals surface area contributed by atoms with Crippen LogP contribution in [-0.4, -0.2) is 50.3 Å². The molecule has 1 rings (SSSR count). The fourth-order valence-corrected chi connectivity index (χ4v) is 2.48. The number of para-hydroxylation sites is 1. The Morgan fingerprint density at radius 1 is 0.920 bits per heavy atom. The van der Waals surface area contributed by atoms with Crippen LogP contribution in [0.3, 0.4) is 0 Å². The van der Waals surface area contributed by atoms with E-state index in [0.717, 1.165) is 64.0 Å². The van der Waals surface area contributed by atoms with E-state index in [4.69, 9.17) is 5.73 Å². The summed E-state index contributed by atoms with van der Waals surface area (Å²) in [5.74, 6) is 0.302. The minimum Gasteiger partial charge on any atom is -0.508 e. The quantitative estimate of drug-likeness (QED) is 0.306. The van der Waals surface area contributed by atoms with Crippen LogP contribution in [-0.2, 0) is 11.2 Å². The highest BCUT2D eigenvalue weighted by molar-refractivity contribution is 5.76. The van der Waals surface area contributed by atoms with Gasteiger partial charge in [-0.05, 0) is 76.5 Å². The third-order valence-electron chi connectivity index (χ3n) is 3.98. The molecule has 142 valence electrons. The topological polar surface area (TPSA) is 99.4 Å². The van der Waals surface area contributed by atoms with Crippen LogP contribution < -0.4 is 21.7 Å². The number of nitrogens with one attached hydrogen (secondary N) is 3. The Labute approximate surface area is 151 Å². The number of carbonyl (C=O) groups excluding carboxylic acids is 1. The molecule has 0 atom stereocenters. The third-order valence-corrected chi connectivity index (χ3v) is 3.98. The number of rotatable bonds is 15. The highest BCUT2D eigenvalue weighted by Crippen LogP contribution is 2.16. The number of aromatic hydroxyl groups is 1. The lowest BCUT2D eigenvalue weighted by molar-refractivity contribution is -0.121. The highest BCUT2D eigenvalue weighted by atomic mass is 16.3. The average molecular weight is 351 g/mol. The Morgan fingerprint density at radius 2 is 1.56 bits per heavy atom. The Kier molecular flexibility index (Phi) is 12.6. The van der Waals surface area contributed by atoms with Crippen LogP contribution in [0.4, 0.5) is 0 Å². The van der Waals surface area contributed by atoms with E-state index in [9.17, 15) is 9.90 Å². The number of hydrogen-bond acceptors (Lipinski definition) is 5. The van der Waals surface area contributed by atoms with E-state index in [2.05, 4.69) is 16.0 Å². The number of amides is 1. The predicted octanol–water partition coefficient (Wildman–Crippen LogP) is 1.14. The van der Waals surface area contributed by atoms with Crippen LogP contribution in [0.15, 0.2) is 24.3 Å². The van der Waals surface area contributed by atoms with Crippen LogP contribution in [0, 0.1) is 0 Å². The van der Waals surface area contributed by atoms with Gasteiger partial charge in [0.25, 0.3) is 0 Å². The first-order valence-corrected chi connectivity index (χ1v) is 9.39. The second kappa shape index (κ2) is 14.7. The van der Waals surface area contributed by atoms with Crippen LogP contribution >= 0.6 is 0 Å². The third kappa shape index (κ3) is 11.5. The molecular formula is C19H34N4O2. The van der Waals surface area contributed by atoms with Gasteiger partial charge >= 0.3 is 0 Å². The molecule has 6 heteroatoms. The van der Waals surface area contributed by atoms with Gasteiger partial charge in [0.15, 0.2) is 0 Å². The van der Waals surface area contributed by atoms with E-state index >= 15 is 0 Å². The number of hydrogen-bond donors (Lipinski definition) is 5. The summed E-state index contributed by atoms with van der Waals surface area (Å²) in [6.07, 6.45) is 5.16. The first kappa shape index (κ1) is 21.4. The van der Waals surface area contributed by atoms with E-state index in [-0.39, 0.29) is 11.7 Å². The molecule has 0 spiro atoms. The number of aryl methyl sites for hydroxylation is 1. The molecule has 0 aliphatic heterocycles. The summed E-state index contributed by atoms with van der Waals surface area (Å²) in [6, 6.07) is 7.15. The average Bonchev–Trinajstić information content (AvgIpc) is 2.62. The summed E-state index contributed by atoms with van der Waals surface area (Å²) in [7, 11) is 0. The number of carbonyl (C=O) groups is 1. The lowest BCUT2D eigenvalue weighted by Gasteiger charge is -2.08. The molecule has 1 amide bonds. The van der Waals surface area contributed by atoms with Gasteiger partial charge in [-0.15, -0.1) is 0 Å². The summed E-state index contributed by atoms with van der Waals surface area (Å²) in [4.78, 5) is 11.8. The van der Waals surface area contributed by atoms with Gasteiger partial charge in [-0.2, -0.15) is 0 Å². The Bertz CT molecular complexity index is 468. The summed E-state index contributed by atoms with van der Waals surface area (Å²) in [5.41, 5.74) is 6.25. The van der Waals surface area contributed by atoms with Crippen molar-refractivity contribution in [3.63, 3.8) is 0 Å². The summed E-state index contributed by atoms with van der Waals surface area (Å²) >= 11 is 0. The molecule has 0 radical (unpaired) electrons. The van der Waals surface area contributed by atoms with Gasteiger partial charge in [0.1, 0.15) is 5.75 Å². The number of nitrogens with two attached hydrogens (primary N) is 1. The molecule has 1 aromatic carbocycles. The molecule has 0 heterocycles. The number of unbranched alkanes of at least 4 members (excludes halogenated alkanes) is 1. The second-order valence-electron chi connectivity index (χ2n) is 6.18. The van der Waals surface area contributed by atoms with Gasteiger partial charge in [-0.3, -0.25) is 4.79 Å². The lowest BCUT2D eigenvalue weighted by atomic mass is 10.1. The zero-order valence-electron chi connectivity index (χ0n) is 15.2. The van der Waals surface area contributed by atoms with Crippen molar-refractivity contribution in [2.45, 2.75) is 38.5 Å². The van der Waals surface area contributed by atoms with Crippen molar-refractivity contribution in [1.82, 2.24) is 16.0 Å². The van der Waals surface area contributed by atoms with Crippen LogP contribution in [0.2, 0.25) is 0 Å². The van der Waals surface area contributed by atoms with Crippen molar-refractivity contribution in [3.8, 4) is 5.75 Å². The van der Waals surface area contributed by atoms with Crippen molar-refractivity contribution in [2.75, 3.05) is 39.3 Å².